The molecule has 1 heterocycles. The molecule has 0 aliphatic carbocycles. The average molecular weight is 196 g/mol. The Bertz CT molecular complexity index is 291. The van der Waals surface area contributed by atoms with Gasteiger partial charge in [-0.3, -0.25) is 4.99 Å². The topological polar surface area (TPSA) is 12.4 Å². The molecule has 1 aliphatic heterocycles. The molecule has 50 valence electrons. The van der Waals surface area contributed by atoms with Crippen LogP contribution in [0.4, 0.5) is 0 Å². The second kappa shape index (κ2) is 2.20. The summed E-state index contributed by atoms with van der Waals surface area (Å²) in [5.41, 5.74) is 2.55. The van der Waals surface area contributed by atoms with Crippen molar-refractivity contribution in [2.24, 2.45) is 4.99 Å². The van der Waals surface area contributed by atoms with E-state index < -0.39 is 0 Å². The van der Waals surface area contributed by atoms with E-state index in [1.54, 1.807) is 0 Å². The quantitative estimate of drug-likeness (QED) is 0.603. The zero-order chi connectivity index (χ0) is 6.97. The fourth-order valence-electron chi connectivity index (χ4n) is 1.10. The predicted octanol–water partition coefficient (Wildman–Crippen LogP) is 2.34. The first-order valence-electron chi connectivity index (χ1n) is 3.16. The van der Waals surface area contributed by atoms with E-state index in [0.29, 0.717) is 0 Å². The van der Waals surface area contributed by atoms with Crippen LogP contribution < -0.4 is 0 Å². The summed E-state index contributed by atoms with van der Waals surface area (Å²) in [6, 6.07) is 8.25. The smallest absolute Gasteiger partial charge is 0.108 e. The van der Waals surface area contributed by atoms with Crippen molar-refractivity contribution in [2.75, 3.05) is 0 Å². The first-order chi connectivity index (χ1) is 4.88. The van der Waals surface area contributed by atoms with Gasteiger partial charge >= 0.3 is 0 Å². The molecule has 10 heavy (non-hydrogen) atoms. The third-order valence-electron chi connectivity index (χ3n) is 1.63. The molecule has 0 radical (unpaired) electrons. The van der Waals surface area contributed by atoms with Crippen molar-refractivity contribution in [3.05, 3.63) is 35.4 Å². The van der Waals surface area contributed by atoms with E-state index in [1.165, 1.54) is 11.1 Å². The molecule has 0 N–H and O–H groups in total. The van der Waals surface area contributed by atoms with Gasteiger partial charge in [0.1, 0.15) is 4.62 Å². The largest absolute Gasteiger partial charge is 0.272 e. The van der Waals surface area contributed by atoms with Gasteiger partial charge in [0.05, 0.1) is 6.54 Å². The summed E-state index contributed by atoms with van der Waals surface area (Å²) in [4.78, 5) is 4.24. The normalized spacial score (nSPS) is 14.7. The lowest BCUT2D eigenvalue weighted by Crippen LogP contribution is -1.85. The van der Waals surface area contributed by atoms with Crippen LogP contribution >= 0.6 is 15.9 Å². The minimum Gasteiger partial charge on any atom is -0.272 e. The maximum atomic E-state index is 4.24. The van der Waals surface area contributed by atoms with Crippen LogP contribution in [-0.4, -0.2) is 4.62 Å². The summed E-state index contributed by atoms with van der Waals surface area (Å²) in [6.45, 7) is 0.830. The number of hydrogen-bond donors (Lipinski definition) is 0. The molecule has 0 aromatic heterocycles. The molecule has 2 rings (SSSR count). The minimum atomic E-state index is 0.830. The molecule has 0 saturated carbocycles. The van der Waals surface area contributed by atoms with Crippen molar-refractivity contribution in [2.45, 2.75) is 6.54 Å². The number of fused-ring (bicyclic) bond motifs is 1. The van der Waals surface area contributed by atoms with Gasteiger partial charge in [-0.15, -0.1) is 0 Å². The Morgan fingerprint density at radius 3 is 2.90 bits per heavy atom. The van der Waals surface area contributed by atoms with E-state index in [9.17, 15) is 0 Å². The van der Waals surface area contributed by atoms with Gasteiger partial charge in [0.25, 0.3) is 0 Å². The monoisotopic (exact) mass is 195 g/mol. The Hall–Kier alpha value is -0.630. The second-order valence-electron chi connectivity index (χ2n) is 2.26. The Kier molecular flexibility index (Phi) is 1.34. The summed E-state index contributed by atoms with van der Waals surface area (Å²) in [7, 11) is 0. The molecule has 0 fully saturated rings. The van der Waals surface area contributed by atoms with Crippen molar-refractivity contribution < 1.29 is 0 Å². The molecule has 0 unspecified atom stereocenters. The van der Waals surface area contributed by atoms with Gasteiger partial charge < -0.3 is 0 Å². The molecule has 1 aromatic carbocycles. The third kappa shape index (κ3) is 0.797. The van der Waals surface area contributed by atoms with E-state index in [2.05, 4.69) is 33.1 Å². The van der Waals surface area contributed by atoms with E-state index in [0.717, 1.165) is 11.2 Å². The number of nitrogens with zero attached hydrogens (tertiary/aromatic N) is 1. The zero-order valence-corrected chi connectivity index (χ0v) is 6.93. The number of aliphatic imine (C=N–C) groups is 1. The molecule has 1 aromatic rings. The molecule has 0 atom stereocenters. The van der Waals surface area contributed by atoms with Gasteiger partial charge in [0.15, 0.2) is 0 Å². The Labute approximate surface area is 67.9 Å². The highest BCUT2D eigenvalue weighted by atomic mass is 79.9. The van der Waals surface area contributed by atoms with Crippen LogP contribution in [0, 0.1) is 0 Å². The number of halogens is 1. The van der Waals surface area contributed by atoms with Crippen molar-refractivity contribution in [1.82, 2.24) is 0 Å². The molecule has 1 aliphatic rings. The standard InChI is InChI=1S/C8H6BrN/c9-8-7-4-2-1-3-6(7)5-10-8/h1-4H,5H2. The molecule has 2 heteroatoms. The summed E-state index contributed by atoms with van der Waals surface area (Å²) in [5, 5.41) is 0. The number of rotatable bonds is 0. The van der Waals surface area contributed by atoms with Crippen LogP contribution in [0.1, 0.15) is 11.1 Å². The van der Waals surface area contributed by atoms with E-state index in [-0.39, 0.29) is 0 Å². The summed E-state index contributed by atoms with van der Waals surface area (Å²) >= 11 is 3.39. The molecular weight excluding hydrogens is 190 g/mol. The van der Waals surface area contributed by atoms with Crippen LogP contribution in [-0.2, 0) is 6.54 Å². The highest BCUT2D eigenvalue weighted by Crippen LogP contribution is 2.20. The second-order valence-corrected chi connectivity index (χ2v) is 3.02. The zero-order valence-electron chi connectivity index (χ0n) is 5.34. The van der Waals surface area contributed by atoms with Crippen LogP contribution in [0.25, 0.3) is 0 Å². The maximum Gasteiger partial charge on any atom is 0.108 e. The van der Waals surface area contributed by atoms with Crippen molar-refractivity contribution in [3.63, 3.8) is 0 Å². The first kappa shape index (κ1) is 6.10. The van der Waals surface area contributed by atoms with E-state index in [4.69, 9.17) is 0 Å². The van der Waals surface area contributed by atoms with Gasteiger partial charge in [0.2, 0.25) is 0 Å². The lowest BCUT2D eigenvalue weighted by molar-refractivity contribution is 1.11. The van der Waals surface area contributed by atoms with Gasteiger partial charge in [0, 0.05) is 5.56 Å². The molecule has 0 saturated heterocycles. The van der Waals surface area contributed by atoms with Crippen LogP contribution in [0.5, 0.6) is 0 Å². The first-order valence-corrected chi connectivity index (χ1v) is 3.95. The summed E-state index contributed by atoms with van der Waals surface area (Å²) in [6.07, 6.45) is 0. The number of hydrogen-bond acceptors (Lipinski definition) is 1. The lowest BCUT2D eigenvalue weighted by atomic mass is 10.1. The van der Waals surface area contributed by atoms with Gasteiger partial charge in [-0.1, -0.05) is 24.3 Å². The lowest BCUT2D eigenvalue weighted by Gasteiger charge is -1.93. The Morgan fingerprint density at radius 1 is 1.30 bits per heavy atom. The molecule has 1 nitrogen and oxygen atoms in total. The van der Waals surface area contributed by atoms with Crippen molar-refractivity contribution >= 4 is 20.6 Å². The van der Waals surface area contributed by atoms with Gasteiger partial charge in [-0.2, -0.15) is 0 Å². The van der Waals surface area contributed by atoms with E-state index in [1.807, 2.05) is 12.1 Å². The molecule has 0 amide bonds. The predicted molar refractivity (Wildman–Crippen MR) is 45.6 cm³/mol. The SMILES string of the molecule is BrC1=NCc2ccccc21. The summed E-state index contributed by atoms with van der Waals surface area (Å²) < 4.78 is 0.989. The third-order valence-corrected chi connectivity index (χ3v) is 2.31. The fourth-order valence-corrected chi connectivity index (χ4v) is 1.61. The maximum absolute atomic E-state index is 4.24. The van der Waals surface area contributed by atoms with Crippen LogP contribution in [0.3, 0.4) is 0 Å². The summed E-state index contributed by atoms with van der Waals surface area (Å²) in [5.74, 6) is 0. The highest BCUT2D eigenvalue weighted by Gasteiger charge is 2.10. The van der Waals surface area contributed by atoms with Gasteiger partial charge in [-0.05, 0) is 21.5 Å². The van der Waals surface area contributed by atoms with Crippen LogP contribution in [0.15, 0.2) is 29.3 Å². The Morgan fingerprint density at radius 2 is 2.10 bits per heavy atom. The Balaban J connectivity index is 2.61. The highest BCUT2D eigenvalue weighted by molar-refractivity contribution is 9.18. The average Bonchev–Trinajstić information content (AvgIpc) is 2.34. The molecular formula is C8H6BrN. The minimum absolute atomic E-state index is 0.830. The van der Waals surface area contributed by atoms with Crippen molar-refractivity contribution in [1.29, 1.82) is 0 Å². The number of benzene rings is 1. The van der Waals surface area contributed by atoms with Crippen molar-refractivity contribution in [3.8, 4) is 0 Å². The van der Waals surface area contributed by atoms with Crippen LogP contribution in [0.2, 0.25) is 0 Å². The fraction of sp³-hybridized carbons (Fsp3) is 0.125. The van der Waals surface area contributed by atoms with Gasteiger partial charge in [-0.25, -0.2) is 0 Å². The van der Waals surface area contributed by atoms with E-state index >= 15 is 0 Å². The molecule has 0 spiro atoms. The molecule has 0 bridgehead atoms.